The topological polar surface area (TPSA) is 259 Å². The van der Waals surface area contributed by atoms with Crippen LogP contribution in [0.3, 0.4) is 0 Å². The second-order valence-electron chi connectivity index (χ2n) is 6.28. The van der Waals surface area contributed by atoms with Gasteiger partial charge in [0.1, 0.15) is 18.3 Å². The quantitative estimate of drug-likeness (QED) is 0.177. The van der Waals surface area contributed by atoms with Gasteiger partial charge in [0.05, 0.1) is 12.5 Å². The van der Waals surface area contributed by atoms with Gasteiger partial charge in [-0.1, -0.05) is 6.92 Å². The van der Waals surface area contributed by atoms with Crippen LogP contribution in [0.5, 0.6) is 0 Å². The lowest BCUT2D eigenvalue weighted by molar-refractivity contribution is -0.130. The Bertz CT molecular complexity index is 829. The molecule has 174 valence electrons. The van der Waals surface area contributed by atoms with Crippen molar-refractivity contribution in [2.45, 2.75) is 31.5 Å². The van der Waals surface area contributed by atoms with Gasteiger partial charge in [-0.25, -0.2) is 18.5 Å². The predicted molar refractivity (Wildman–Crippen MR) is 89.9 cm³/mol. The molecule has 2 saturated heterocycles. The summed E-state index contributed by atoms with van der Waals surface area (Å²) in [5, 5.41) is 22.1. The van der Waals surface area contributed by atoms with Crippen molar-refractivity contribution < 1.29 is 71.0 Å². The molecule has 20 heteroatoms. The number of amides is 3. The van der Waals surface area contributed by atoms with Gasteiger partial charge in [-0.3, -0.25) is 19.5 Å². The van der Waals surface area contributed by atoms with E-state index in [1.165, 1.54) is 6.92 Å². The van der Waals surface area contributed by atoms with E-state index in [0.717, 1.165) is 4.90 Å². The first-order valence-electron chi connectivity index (χ1n) is 7.93. The number of aliphatic hydroxyl groups excluding tert-OH is 2. The lowest BCUT2D eigenvalue weighted by atomic mass is 10.1. The second-order valence-corrected chi connectivity index (χ2v) is 10.7. The Morgan fingerprint density at radius 2 is 1.67 bits per heavy atom. The third kappa shape index (κ3) is 6.61. The molecule has 0 aromatic rings. The molecule has 0 bridgehead atoms. The molecule has 0 aromatic heterocycles. The van der Waals surface area contributed by atoms with Gasteiger partial charge in [0, 0.05) is 6.54 Å². The summed E-state index contributed by atoms with van der Waals surface area (Å²) in [5.74, 6) is -1.22. The highest BCUT2D eigenvalue weighted by molar-refractivity contribution is 7.66. The van der Waals surface area contributed by atoms with Gasteiger partial charge in [0.25, 0.3) is 0 Å². The predicted octanol–water partition coefficient (Wildman–Crippen LogP) is -2.04. The van der Waals surface area contributed by atoms with Gasteiger partial charge in [-0.2, -0.15) is 8.62 Å². The maximum absolute atomic E-state index is 11.9. The number of aliphatic hydroxyl groups is 2. The number of nitrogens with one attached hydrogen (secondary N) is 1. The van der Waals surface area contributed by atoms with Crippen LogP contribution < -0.4 is 5.32 Å². The number of carbonyl (C=O) groups is 2. The largest absolute Gasteiger partial charge is 0.490 e. The zero-order valence-electron chi connectivity index (χ0n) is 14.9. The van der Waals surface area contributed by atoms with Gasteiger partial charge < -0.3 is 34.5 Å². The summed E-state index contributed by atoms with van der Waals surface area (Å²) in [6, 6.07) is -0.914. The summed E-state index contributed by atoms with van der Waals surface area (Å²) >= 11 is 0. The van der Waals surface area contributed by atoms with Gasteiger partial charge in [-0.05, 0) is 0 Å². The molecule has 0 spiro atoms. The molecular weight excluding hydrogens is 481 g/mol. The first-order chi connectivity index (χ1) is 13.5. The summed E-state index contributed by atoms with van der Waals surface area (Å²) in [6.45, 7) is 0.295. The van der Waals surface area contributed by atoms with Gasteiger partial charge in [0.15, 0.2) is 6.23 Å². The lowest BCUT2D eigenvalue weighted by Gasteiger charge is -2.35. The number of rotatable bonds is 8. The van der Waals surface area contributed by atoms with Crippen LogP contribution in [-0.4, -0.2) is 84.3 Å². The highest BCUT2D eigenvalue weighted by Crippen LogP contribution is 2.66. The summed E-state index contributed by atoms with van der Waals surface area (Å²) in [4.78, 5) is 59.7. The van der Waals surface area contributed by atoms with Crippen LogP contribution in [0, 0.1) is 5.92 Å². The monoisotopic (exact) mass is 500 g/mol. The van der Waals surface area contributed by atoms with E-state index in [2.05, 4.69) is 13.1 Å². The normalized spacial score (nSPS) is 34.4. The van der Waals surface area contributed by atoms with E-state index in [1.54, 1.807) is 0 Å². The number of nitrogens with zero attached hydrogens (tertiary/aromatic N) is 1. The zero-order valence-corrected chi connectivity index (χ0v) is 17.6. The van der Waals surface area contributed by atoms with Crippen LogP contribution in [0.15, 0.2) is 0 Å². The molecule has 7 atom stereocenters. The van der Waals surface area contributed by atoms with Gasteiger partial charge in [-0.15, -0.1) is 0 Å². The third-order valence-electron chi connectivity index (χ3n) is 3.87. The Morgan fingerprint density at radius 3 is 2.23 bits per heavy atom. The summed E-state index contributed by atoms with van der Waals surface area (Å²) in [7, 11) is -16.8. The Morgan fingerprint density at radius 1 is 1.07 bits per heavy atom. The fourth-order valence-electron chi connectivity index (χ4n) is 2.58. The number of ether oxygens (including phenoxy) is 1. The molecule has 3 amide bonds. The number of imide groups is 1. The van der Waals surface area contributed by atoms with Crippen molar-refractivity contribution in [1.29, 1.82) is 0 Å². The fourth-order valence-corrected chi connectivity index (χ4v) is 5.61. The number of phosphoric acid groups is 3. The Hall–Kier alpha value is -0.770. The van der Waals surface area contributed by atoms with Crippen molar-refractivity contribution in [3.63, 3.8) is 0 Å². The van der Waals surface area contributed by atoms with Crippen LogP contribution in [0.4, 0.5) is 4.79 Å². The van der Waals surface area contributed by atoms with Crippen molar-refractivity contribution in [1.82, 2.24) is 10.2 Å². The fraction of sp³-hybridized carbons (Fsp3) is 0.800. The first-order valence-corrected chi connectivity index (χ1v) is 12.4. The number of hydrogen-bond acceptors (Lipinski definition) is 11. The average Bonchev–Trinajstić information content (AvgIpc) is 2.81. The van der Waals surface area contributed by atoms with E-state index in [9.17, 15) is 38.4 Å². The van der Waals surface area contributed by atoms with Crippen LogP contribution in [0.2, 0.25) is 0 Å². The van der Waals surface area contributed by atoms with E-state index in [4.69, 9.17) is 19.4 Å². The lowest BCUT2D eigenvalue weighted by Crippen LogP contribution is -2.59. The maximum Gasteiger partial charge on any atom is 0.490 e. The minimum absolute atomic E-state index is 0.165. The van der Waals surface area contributed by atoms with Gasteiger partial charge in [0.2, 0.25) is 5.91 Å². The molecule has 7 N–H and O–H groups in total. The summed E-state index contributed by atoms with van der Waals surface area (Å²) < 4.78 is 50.2. The van der Waals surface area contributed by atoms with Crippen molar-refractivity contribution in [3.8, 4) is 0 Å². The molecule has 17 nitrogen and oxygen atoms in total. The Balaban J connectivity index is 2.00. The minimum Gasteiger partial charge on any atom is -0.387 e. The molecule has 0 radical (unpaired) electrons. The molecule has 2 heterocycles. The summed E-state index contributed by atoms with van der Waals surface area (Å²) in [6.07, 6.45) is -6.49. The molecule has 30 heavy (non-hydrogen) atoms. The number of phosphoric ester groups is 1. The second kappa shape index (κ2) is 9.00. The highest BCUT2D eigenvalue weighted by atomic mass is 31.3. The molecule has 2 aliphatic heterocycles. The number of hydrogen-bond donors (Lipinski definition) is 7. The van der Waals surface area contributed by atoms with E-state index in [1.807, 2.05) is 5.32 Å². The van der Waals surface area contributed by atoms with E-state index in [0.29, 0.717) is 0 Å². The van der Waals surface area contributed by atoms with E-state index in [-0.39, 0.29) is 6.54 Å². The third-order valence-corrected chi connectivity index (χ3v) is 7.67. The Labute approximate surface area is 168 Å². The SMILES string of the molecule is CC1CN([C@@H]2O[C@H](COP(=O)(O)OP(=O)(O)OP(=O)(O)O)[C@@H](O)[C@H]2O)C(=O)NC1=O. The van der Waals surface area contributed by atoms with E-state index < -0.39 is 72.5 Å². The summed E-state index contributed by atoms with van der Waals surface area (Å²) in [5.41, 5.74) is 0. The molecule has 2 aliphatic rings. The molecule has 0 aliphatic carbocycles. The molecule has 0 saturated carbocycles. The Kier molecular flexibility index (Phi) is 7.65. The smallest absolute Gasteiger partial charge is 0.387 e. The highest BCUT2D eigenvalue weighted by Gasteiger charge is 2.50. The van der Waals surface area contributed by atoms with E-state index >= 15 is 0 Å². The number of carbonyl (C=O) groups excluding carboxylic acids is 2. The zero-order chi connectivity index (χ0) is 23.1. The van der Waals surface area contributed by atoms with Crippen LogP contribution >= 0.6 is 23.5 Å². The standard InChI is InChI=1S/C10H19N2O15P3/c1-4-2-12(10(16)11-8(4)15)9-7(14)6(13)5(25-9)3-24-29(20,21)27-30(22,23)26-28(17,18)19/h4-7,9,13-14H,2-3H2,1H3,(H,20,21)(H,22,23)(H,11,15,16)(H2,17,18,19)/t4?,5-,6-,7-,9-/m1/s1. The van der Waals surface area contributed by atoms with Crippen LogP contribution in [0.1, 0.15) is 6.92 Å². The maximum atomic E-state index is 11.9. The molecular formula is C10H19N2O15P3. The molecule has 2 fully saturated rings. The van der Waals surface area contributed by atoms with Crippen molar-refractivity contribution in [2.24, 2.45) is 5.92 Å². The average molecular weight is 500 g/mol. The van der Waals surface area contributed by atoms with Crippen molar-refractivity contribution >= 4 is 35.4 Å². The van der Waals surface area contributed by atoms with Gasteiger partial charge >= 0.3 is 29.5 Å². The minimum atomic E-state index is -5.73. The number of urea groups is 1. The first kappa shape index (κ1) is 25.5. The molecule has 2 rings (SSSR count). The van der Waals surface area contributed by atoms with Crippen LogP contribution in [-0.2, 0) is 36.4 Å². The molecule has 0 aromatic carbocycles. The van der Waals surface area contributed by atoms with Crippen molar-refractivity contribution in [2.75, 3.05) is 13.2 Å². The molecule has 3 unspecified atom stereocenters. The van der Waals surface area contributed by atoms with Crippen molar-refractivity contribution in [3.05, 3.63) is 0 Å². The van der Waals surface area contributed by atoms with Crippen LogP contribution in [0.25, 0.3) is 0 Å².